The maximum Gasteiger partial charge on any atom is 0.289 e. The van der Waals surface area contributed by atoms with Crippen LogP contribution in [0, 0.1) is 5.92 Å². The summed E-state index contributed by atoms with van der Waals surface area (Å²) in [5, 5.41) is 3.09. The molecule has 0 saturated carbocycles. The lowest BCUT2D eigenvalue weighted by Crippen LogP contribution is -2.43. The maximum atomic E-state index is 12.6. The van der Waals surface area contributed by atoms with Gasteiger partial charge in [-0.15, -0.1) is 0 Å². The van der Waals surface area contributed by atoms with E-state index >= 15 is 0 Å². The van der Waals surface area contributed by atoms with Crippen LogP contribution >= 0.6 is 0 Å². The summed E-state index contributed by atoms with van der Waals surface area (Å²) in [6.07, 6.45) is 2.82. The highest BCUT2D eigenvalue weighted by Crippen LogP contribution is 2.22. The molecule has 0 radical (unpaired) electrons. The number of piperidine rings is 1. The van der Waals surface area contributed by atoms with Crippen LogP contribution in [-0.4, -0.2) is 36.4 Å². The Balaban J connectivity index is 1.49. The Morgan fingerprint density at radius 3 is 2.52 bits per heavy atom. The molecule has 1 saturated heterocycles. The number of hydrogen-bond acceptors (Lipinski definition) is 4. The predicted octanol–water partition coefficient (Wildman–Crippen LogP) is 3.41. The third-order valence-corrected chi connectivity index (χ3v) is 4.93. The van der Waals surface area contributed by atoms with Gasteiger partial charge in [-0.1, -0.05) is 12.1 Å². The Labute approximate surface area is 159 Å². The van der Waals surface area contributed by atoms with Gasteiger partial charge in [0.05, 0.1) is 18.9 Å². The van der Waals surface area contributed by atoms with Crippen LogP contribution in [0.3, 0.4) is 0 Å². The summed E-state index contributed by atoms with van der Waals surface area (Å²) in [5.74, 6) is 1.04. The number of rotatable bonds is 6. The van der Waals surface area contributed by atoms with Crippen LogP contribution in [0.4, 0.5) is 0 Å². The summed E-state index contributed by atoms with van der Waals surface area (Å²) in [7, 11) is 0. The summed E-state index contributed by atoms with van der Waals surface area (Å²) < 4.78 is 10.6. The summed E-state index contributed by atoms with van der Waals surface area (Å²) in [6, 6.07) is 11.1. The Morgan fingerprint density at radius 1 is 1.22 bits per heavy atom. The lowest BCUT2D eigenvalue weighted by atomic mass is 9.95. The molecule has 1 aliphatic rings. The van der Waals surface area contributed by atoms with Crippen LogP contribution in [0.1, 0.15) is 48.8 Å². The standard InChI is InChI=1S/C21H26N2O4/c1-3-26-18-8-6-16(7-9-18)15(2)22-20(24)17-10-12-23(13-11-17)21(25)19-5-4-14-27-19/h4-9,14-15,17H,3,10-13H2,1-2H3,(H,22,24). The van der Waals surface area contributed by atoms with Gasteiger partial charge < -0.3 is 19.4 Å². The van der Waals surface area contributed by atoms with Crippen LogP contribution < -0.4 is 10.1 Å². The van der Waals surface area contributed by atoms with Gasteiger partial charge >= 0.3 is 0 Å². The first-order chi connectivity index (χ1) is 13.1. The molecule has 6 heteroatoms. The van der Waals surface area contributed by atoms with Crippen LogP contribution in [-0.2, 0) is 4.79 Å². The van der Waals surface area contributed by atoms with E-state index in [-0.39, 0.29) is 23.8 Å². The van der Waals surface area contributed by atoms with E-state index in [0.717, 1.165) is 11.3 Å². The molecule has 0 aliphatic carbocycles. The summed E-state index contributed by atoms with van der Waals surface area (Å²) in [5.41, 5.74) is 1.04. The minimum absolute atomic E-state index is 0.0430. The number of nitrogens with zero attached hydrogens (tertiary/aromatic N) is 1. The summed E-state index contributed by atoms with van der Waals surface area (Å²) >= 11 is 0. The maximum absolute atomic E-state index is 12.6. The molecular formula is C21H26N2O4. The van der Waals surface area contributed by atoms with E-state index in [1.165, 1.54) is 6.26 Å². The molecule has 1 N–H and O–H groups in total. The topological polar surface area (TPSA) is 71.8 Å². The van der Waals surface area contributed by atoms with Crippen molar-refractivity contribution in [1.29, 1.82) is 0 Å². The second-order valence-corrected chi connectivity index (χ2v) is 6.78. The molecule has 2 amide bonds. The number of likely N-dealkylation sites (tertiary alicyclic amines) is 1. The Morgan fingerprint density at radius 2 is 1.93 bits per heavy atom. The van der Waals surface area contributed by atoms with Crippen molar-refractivity contribution in [2.75, 3.05) is 19.7 Å². The van der Waals surface area contributed by atoms with Crippen LogP contribution in [0.15, 0.2) is 47.1 Å². The number of ether oxygens (including phenoxy) is 1. The van der Waals surface area contributed by atoms with Crippen molar-refractivity contribution in [2.24, 2.45) is 5.92 Å². The Hall–Kier alpha value is -2.76. The van der Waals surface area contributed by atoms with Gasteiger partial charge in [-0.25, -0.2) is 0 Å². The molecule has 3 rings (SSSR count). The van der Waals surface area contributed by atoms with E-state index < -0.39 is 0 Å². The third kappa shape index (κ3) is 4.70. The Kier molecular flexibility index (Phi) is 6.16. The van der Waals surface area contributed by atoms with Gasteiger partial charge in [0.25, 0.3) is 5.91 Å². The first-order valence-corrected chi connectivity index (χ1v) is 9.44. The number of furan rings is 1. The van der Waals surface area contributed by atoms with Gasteiger partial charge in [-0.05, 0) is 56.5 Å². The van der Waals surface area contributed by atoms with Gasteiger partial charge in [0.2, 0.25) is 5.91 Å². The normalized spacial score (nSPS) is 16.0. The van der Waals surface area contributed by atoms with E-state index in [1.54, 1.807) is 17.0 Å². The van der Waals surface area contributed by atoms with Crippen molar-refractivity contribution in [3.05, 3.63) is 54.0 Å². The SMILES string of the molecule is CCOc1ccc(C(C)NC(=O)C2CCN(C(=O)c3ccco3)CC2)cc1. The van der Waals surface area contributed by atoms with Crippen molar-refractivity contribution >= 4 is 11.8 Å². The fourth-order valence-electron chi connectivity index (χ4n) is 3.33. The molecule has 1 aromatic carbocycles. The number of benzene rings is 1. The van der Waals surface area contributed by atoms with Gasteiger partial charge in [0, 0.05) is 19.0 Å². The number of nitrogens with one attached hydrogen (secondary N) is 1. The van der Waals surface area contributed by atoms with Crippen molar-refractivity contribution in [3.63, 3.8) is 0 Å². The van der Waals surface area contributed by atoms with Crippen LogP contribution in [0.5, 0.6) is 5.75 Å². The monoisotopic (exact) mass is 370 g/mol. The highest BCUT2D eigenvalue weighted by atomic mass is 16.5. The van der Waals surface area contributed by atoms with Crippen LogP contribution in [0.25, 0.3) is 0 Å². The molecule has 0 spiro atoms. The van der Waals surface area contributed by atoms with Gasteiger partial charge in [-0.2, -0.15) is 0 Å². The van der Waals surface area contributed by atoms with Crippen LogP contribution in [0.2, 0.25) is 0 Å². The lowest BCUT2D eigenvalue weighted by molar-refractivity contribution is -0.127. The minimum Gasteiger partial charge on any atom is -0.494 e. The largest absolute Gasteiger partial charge is 0.494 e. The van der Waals surface area contributed by atoms with Gasteiger partial charge in [-0.3, -0.25) is 9.59 Å². The molecule has 144 valence electrons. The first kappa shape index (κ1) is 19.0. The summed E-state index contributed by atoms with van der Waals surface area (Å²) in [4.78, 5) is 26.6. The minimum atomic E-state index is -0.110. The average Bonchev–Trinajstić information content (AvgIpc) is 3.23. The highest BCUT2D eigenvalue weighted by molar-refractivity contribution is 5.91. The Bertz CT molecular complexity index is 747. The quantitative estimate of drug-likeness (QED) is 0.846. The van der Waals surface area contributed by atoms with E-state index in [4.69, 9.17) is 9.15 Å². The molecule has 6 nitrogen and oxygen atoms in total. The second kappa shape index (κ2) is 8.75. The van der Waals surface area contributed by atoms with E-state index in [0.29, 0.717) is 38.3 Å². The molecular weight excluding hydrogens is 344 g/mol. The van der Waals surface area contributed by atoms with E-state index in [1.807, 2.05) is 38.1 Å². The predicted molar refractivity (Wildman–Crippen MR) is 102 cm³/mol. The van der Waals surface area contributed by atoms with Crippen molar-refractivity contribution in [2.45, 2.75) is 32.7 Å². The summed E-state index contributed by atoms with van der Waals surface area (Å²) in [6.45, 7) is 5.68. The zero-order valence-corrected chi connectivity index (χ0v) is 15.8. The molecule has 1 unspecified atom stereocenters. The van der Waals surface area contributed by atoms with E-state index in [9.17, 15) is 9.59 Å². The van der Waals surface area contributed by atoms with Gasteiger partial charge in [0.15, 0.2) is 5.76 Å². The fourth-order valence-corrected chi connectivity index (χ4v) is 3.33. The second-order valence-electron chi connectivity index (χ2n) is 6.78. The first-order valence-electron chi connectivity index (χ1n) is 9.44. The van der Waals surface area contributed by atoms with Gasteiger partial charge in [0.1, 0.15) is 5.75 Å². The number of hydrogen-bond donors (Lipinski definition) is 1. The van der Waals surface area contributed by atoms with Crippen molar-refractivity contribution < 1.29 is 18.7 Å². The molecule has 0 bridgehead atoms. The molecule has 1 aromatic heterocycles. The lowest BCUT2D eigenvalue weighted by Gasteiger charge is -2.31. The third-order valence-electron chi connectivity index (χ3n) is 4.93. The molecule has 2 heterocycles. The molecule has 1 atom stereocenters. The number of carbonyl (C=O) groups excluding carboxylic acids is 2. The fraction of sp³-hybridized carbons (Fsp3) is 0.429. The molecule has 1 fully saturated rings. The number of carbonyl (C=O) groups is 2. The smallest absolute Gasteiger partial charge is 0.289 e. The zero-order chi connectivity index (χ0) is 19.2. The molecule has 27 heavy (non-hydrogen) atoms. The number of amides is 2. The van der Waals surface area contributed by atoms with E-state index in [2.05, 4.69) is 5.32 Å². The molecule has 2 aromatic rings. The van der Waals surface area contributed by atoms with Crippen molar-refractivity contribution in [1.82, 2.24) is 10.2 Å². The average molecular weight is 370 g/mol. The highest BCUT2D eigenvalue weighted by Gasteiger charge is 2.29. The molecule has 1 aliphatic heterocycles. The zero-order valence-electron chi connectivity index (χ0n) is 15.8. The van der Waals surface area contributed by atoms with Crippen molar-refractivity contribution in [3.8, 4) is 5.75 Å².